The molecule has 0 atom stereocenters. The number of amides is 1. The largest absolute Gasteiger partial charge is 0.364 e. The van der Waals surface area contributed by atoms with Crippen LogP contribution in [0.15, 0.2) is 40.1 Å². The number of carbonyl (C=O) groups excluding carboxylic acids is 1. The van der Waals surface area contributed by atoms with E-state index in [1.807, 2.05) is 0 Å². The number of rotatable bonds is 5. The number of hydrogen-bond acceptors (Lipinski definition) is 5. The van der Waals surface area contributed by atoms with Gasteiger partial charge < -0.3 is 5.73 Å². The van der Waals surface area contributed by atoms with Crippen molar-refractivity contribution in [3.8, 4) is 0 Å². The second-order valence-electron chi connectivity index (χ2n) is 5.82. The van der Waals surface area contributed by atoms with Crippen LogP contribution in [0.3, 0.4) is 0 Å². The minimum atomic E-state index is -3.78. The molecule has 1 amide bonds. The predicted octanol–water partition coefficient (Wildman–Crippen LogP) is 2.20. The highest BCUT2D eigenvalue weighted by atomic mass is 32.2. The van der Waals surface area contributed by atoms with Gasteiger partial charge in [-0.2, -0.15) is 5.10 Å². The molecular weight excluding hydrogens is 336 g/mol. The number of H-pyrrole nitrogens is 1. The van der Waals surface area contributed by atoms with E-state index in [4.69, 9.17) is 5.73 Å². The standard InChI is InChI=1S/C14H18N4O3S2/c1-14(2,3)22-9-4-6-10(7-5-9)23(20,21)18-12-8-11(13(15)19)16-17-12/h4-8H,1-3H3,(H2,15,19)(H2,16,17,18). The van der Waals surface area contributed by atoms with Crippen molar-refractivity contribution in [2.75, 3.05) is 4.72 Å². The van der Waals surface area contributed by atoms with E-state index < -0.39 is 15.9 Å². The molecule has 0 unspecified atom stereocenters. The van der Waals surface area contributed by atoms with Gasteiger partial charge in [-0.3, -0.25) is 14.6 Å². The quantitative estimate of drug-likeness (QED) is 0.711. The summed E-state index contributed by atoms with van der Waals surface area (Å²) in [4.78, 5) is 12.1. The SMILES string of the molecule is CC(C)(C)Sc1ccc(S(=O)(=O)Nc2cc(C(N)=O)[nH]n2)cc1. The summed E-state index contributed by atoms with van der Waals surface area (Å²) in [6.45, 7) is 6.24. The summed E-state index contributed by atoms with van der Waals surface area (Å²) in [6, 6.07) is 7.80. The molecule has 7 nitrogen and oxygen atoms in total. The molecule has 0 fully saturated rings. The van der Waals surface area contributed by atoms with E-state index in [2.05, 4.69) is 35.7 Å². The molecule has 2 rings (SSSR count). The van der Waals surface area contributed by atoms with Crippen molar-refractivity contribution in [2.45, 2.75) is 35.3 Å². The van der Waals surface area contributed by atoms with Crippen LogP contribution in [0.25, 0.3) is 0 Å². The second kappa shape index (κ2) is 6.25. The Morgan fingerprint density at radius 1 is 1.26 bits per heavy atom. The molecule has 0 saturated carbocycles. The van der Waals surface area contributed by atoms with Gasteiger partial charge in [-0.15, -0.1) is 11.8 Å². The number of benzene rings is 1. The van der Waals surface area contributed by atoms with Gasteiger partial charge in [0, 0.05) is 15.7 Å². The van der Waals surface area contributed by atoms with Crippen molar-refractivity contribution in [3.05, 3.63) is 36.0 Å². The van der Waals surface area contributed by atoms with E-state index >= 15 is 0 Å². The molecular formula is C14H18N4O3S2. The van der Waals surface area contributed by atoms with E-state index in [9.17, 15) is 13.2 Å². The summed E-state index contributed by atoms with van der Waals surface area (Å²) >= 11 is 1.65. The fourth-order valence-corrected chi connectivity index (χ4v) is 3.71. The zero-order valence-corrected chi connectivity index (χ0v) is 14.6. The average Bonchev–Trinajstić information content (AvgIpc) is 2.85. The van der Waals surface area contributed by atoms with Crippen molar-refractivity contribution in [2.24, 2.45) is 5.73 Å². The van der Waals surface area contributed by atoms with E-state index in [0.717, 1.165) is 4.90 Å². The highest BCUT2D eigenvalue weighted by Crippen LogP contribution is 2.32. The van der Waals surface area contributed by atoms with Crippen LogP contribution in [0.5, 0.6) is 0 Å². The Hall–Kier alpha value is -2.00. The summed E-state index contributed by atoms with van der Waals surface area (Å²) in [5, 5.41) is 6.05. The number of anilines is 1. The van der Waals surface area contributed by atoms with E-state index in [1.54, 1.807) is 23.9 Å². The number of carbonyl (C=O) groups is 1. The van der Waals surface area contributed by atoms with Gasteiger partial charge in [-0.25, -0.2) is 8.42 Å². The Bertz CT molecular complexity index is 805. The van der Waals surface area contributed by atoms with Crippen LogP contribution >= 0.6 is 11.8 Å². The maximum atomic E-state index is 12.3. The molecule has 0 aliphatic heterocycles. The normalized spacial score (nSPS) is 12.1. The molecule has 0 saturated heterocycles. The third-order valence-electron chi connectivity index (χ3n) is 2.64. The number of hydrogen-bond donors (Lipinski definition) is 3. The minimum absolute atomic E-state index is 0.00643. The highest BCUT2D eigenvalue weighted by Gasteiger charge is 2.18. The van der Waals surface area contributed by atoms with E-state index in [1.165, 1.54) is 18.2 Å². The number of nitrogens with one attached hydrogen (secondary N) is 2. The Balaban J connectivity index is 2.17. The minimum Gasteiger partial charge on any atom is -0.364 e. The summed E-state index contributed by atoms with van der Waals surface area (Å²) in [6.07, 6.45) is 0. The van der Waals surface area contributed by atoms with Crippen molar-refractivity contribution in [3.63, 3.8) is 0 Å². The lowest BCUT2D eigenvalue weighted by Gasteiger charge is -2.17. The fraction of sp³-hybridized carbons (Fsp3) is 0.286. The van der Waals surface area contributed by atoms with Gasteiger partial charge in [0.2, 0.25) is 0 Å². The van der Waals surface area contributed by atoms with Gasteiger partial charge in [-0.05, 0) is 24.3 Å². The summed E-state index contributed by atoms with van der Waals surface area (Å²) in [5.41, 5.74) is 5.11. The van der Waals surface area contributed by atoms with Gasteiger partial charge >= 0.3 is 0 Å². The lowest BCUT2D eigenvalue weighted by atomic mass is 10.3. The molecule has 1 aromatic carbocycles. The van der Waals surface area contributed by atoms with Gasteiger partial charge in [0.25, 0.3) is 15.9 Å². The smallest absolute Gasteiger partial charge is 0.266 e. The first-order valence-electron chi connectivity index (χ1n) is 6.74. The highest BCUT2D eigenvalue weighted by molar-refractivity contribution is 8.00. The molecule has 1 aromatic heterocycles. The maximum Gasteiger partial charge on any atom is 0.266 e. The molecule has 0 spiro atoms. The maximum absolute atomic E-state index is 12.3. The average molecular weight is 354 g/mol. The number of thioether (sulfide) groups is 1. The molecule has 0 aliphatic rings. The molecule has 9 heteroatoms. The van der Waals surface area contributed by atoms with Gasteiger partial charge in [0.1, 0.15) is 5.69 Å². The third-order valence-corrected chi connectivity index (χ3v) is 5.13. The summed E-state index contributed by atoms with van der Waals surface area (Å²) in [7, 11) is -3.78. The first-order valence-corrected chi connectivity index (χ1v) is 9.04. The molecule has 124 valence electrons. The van der Waals surface area contributed by atoms with Crippen molar-refractivity contribution >= 4 is 33.5 Å². The van der Waals surface area contributed by atoms with Gasteiger partial charge in [0.05, 0.1) is 4.90 Å². The molecule has 0 bridgehead atoms. The molecule has 4 N–H and O–H groups in total. The van der Waals surface area contributed by atoms with E-state index in [-0.39, 0.29) is 21.2 Å². The first-order chi connectivity index (χ1) is 10.6. The lowest BCUT2D eigenvalue weighted by Crippen LogP contribution is -2.13. The van der Waals surface area contributed by atoms with Gasteiger partial charge in [0.15, 0.2) is 5.82 Å². The fourth-order valence-electron chi connectivity index (χ4n) is 1.74. The molecule has 2 aromatic rings. The van der Waals surface area contributed by atoms with Crippen LogP contribution in [0.2, 0.25) is 0 Å². The second-order valence-corrected chi connectivity index (χ2v) is 9.41. The first kappa shape index (κ1) is 17.4. The van der Waals surface area contributed by atoms with Crippen LogP contribution in [-0.2, 0) is 10.0 Å². The predicted molar refractivity (Wildman–Crippen MR) is 90.0 cm³/mol. The Kier molecular flexibility index (Phi) is 4.71. The monoisotopic (exact) mass is 354 g/mol. The zero-order chi connectivity index (χ0) is 17.3. The van der Waals surface area contributed by atoms with Crippen LogP contribution in [0, 0.1) is 0 Å². The van der Waals surface area contributed by atoms with Crippen LogP contribution < -0.4 is 10.5 Å². The van der Waals surface area contributed by atoms with E-state index in [0.29, 0.717) is 0 Å². The zero-order valence-electron chi connectivity index (χ0n) is 13.0. The number of sulfonamides is 1. The van der Waals surface area contributed by atoms with Crippen molar-refractivity contribution < 1.29 is 13.2 Å². The number of nitrogens with two attached hydrogens (primary N) is 1. The number of aromatic nitrogens is 2. The summed E-state index contributed by atoms with van der Waals surface area (Å²) < 4.78 is 26.9. The Morgan fingerprint density at radius 3 is 2.35 bits per heavy atom. The molecule has 23 heavy (non-hydrogen) atoms. The lowest BCUT2D eigenvalue weighted by molar-refractivity contribution is 0.0995. The number of primary amides is 1. The number of nitrogens with zero attached hydrogens (tertiary/aromatic N) is 1. The Morgan fingerprint density at radius 2 is 1.87 bits per heavy atom. The van der Waals surface area contributed by atoms with Crippen LogP contribution in [-0.4, -0.2) is 29.3 Å². The van der Waals surface area contributed by atoms with Crippen molar-refractivity contribution in [1.82, 2.24) is 10.2 Å². The third kappa shape index (κ3) is 4.73. The van der Waals surface area contributed by atoms with Crippen molar-refractivity contribution in [1.29, 1.82) is 0 Å². The van der Waals surface area contributed by atoms with Gasteiger partial charge in [-0.1, -0.05) is 20.8 Å². The molecule has 0 radical (unpaired) electrons. The van der Waals surface area contributed by atoms with Crippen LogP contribution in [0.4, 0.5) is 5.82 Å². The molecule has 1 heterocycles. The topological polar surface area (TPSA) is 118 Å². The Labute approximate surface area is 139 Å². The summed E-state index contributed by atoms with van der Waals surface area (Å²) in [5.74, 6) is -0.710. The number of aromatic amines is 1. The van der Waals surface area contributed by atoms with Crippen LogP contribution in [0.1, 0.15) is 31.3 Å². The molecule has 0 aliphatic carbocycles.